The van der Waals surface area contributed by atoms with Crippen LogP contribution < -0.4 is 4.74 Å². The van der Waals surface area contributed by atoms with Crippen LogP contribution in [0.3, 0.4) is 0 Å². The van der Waals surface area contributed by atoms with Crippen molar-refractivity contribution in [3.05, 3.63) is 77.9 Å². The lowest BCUT2D eigenvalue weighted by atomic mass is 10.0. The van der Waals surface area contributed by atoms with Gasteiger partial charge >= 0.3 is 0 Å². The number of ether oxygens (including phenoxy) is 1. The molecule has 1 atom stereocenters. The maximum absolute atomic E-state index is 5.57. The lowest BCUT2D eigenvalue weighted by Gasteiger charge is -2.38. The Balaban J connectivity index is 1.35. The minimum atomic E-state index is 0.588. The molecule has 2 aromatic carbocycles. The van der Waals surface area contributed by atoms with Gasteiger partial charge in [0.05, 0.1) is 13.7 Å². The van der Waals surface area contributed by atoms with Crippen molar-refractivity contribution < 1.29 is 4.74 Å². The number of likely N-dealkylation sites (tertiary alicyclic amines) is 1. The quantitative estimate of drug-likeness (QED) is 0.531. The molecule has 0 radical (unpaired) electrons. The Morgan fingerprint density at radius 1 is 1.13 bits per heavy atom. The molecule has 31 heavy (non-hydrogen) atoms. The van der Waals surface area contributed by atoms with Crippen LogP contribution in [0.2, 0.25) is 0 Å². The second-order valence-corrected chi connectivity index (χ2v) is 8.49. The average molecular weight is 420 g/mol. The van der Waals surface area contributed by atoms with E-state index >= 15 is 0 Å². The van der Waals surface area contributed by atoms with Crippen LogP contribution in [-0.4, -0.2) is 64.4 Å². The summed E-state index contributed by atoms with van der Waals surface area (Å²) in [5.74, 6) is 0.895. The molecule has 0 spiro atoms. The van der Waals surface area contributed by atoms with Crippen LogP contribution in [0.4, 0.5) is 0 Å². The first kappa shape index (κ1) is 21.5. The molecule has 0 amide bonds. The zero-order valence-electron chi connectivity index (χ0n) is 18.7. The van der Waals surface area contributed by atoms with Gasteiger partial charge in [-0.25, -0.2) is 9.67 Å². The molecule has 0 bridgehead atoms. The molecule has 1 aliphatic heterocycles. The second kappa shape index (κ2) is 10.6. The van der Waals surface area contributed by atoms with Crippen molar-refractivity contribution in [2.45, 2.75) is 38.4 Å². The highest BCUT2D eigenvalue weighted by atomic mass is 16.5. The van der Waals surface area contributed by atoms with E-state index in [9.17, 15) is 0 Å². The molecule has 164 valence electrons. The Kier molecular flexibility index (Phi) is 7.33. The molecule has 6 nitrogen and oxygen atoms in total. The van der Waals surface area contributed by atoms with Crippen molar-refractivity contribution in [2.75, 3.05) is 33.8 Å². The van der Waals surface area contributed by atoms with Crippen LogP contribution in [0.15, 0.2) is 61.2 Å². The summed E-state index contributed by atoms with van der Waals surface area (Å²) in [5.41, 5.74) is 3.86. The topological polar surface area (TPSA) is 46.4 Å². The van der Waals surface area contributed by atoms with Gasteiger partial charge in [-0.15, -0.1) is 0 Å². The van der Waals surface area contributed by atoms with Crippen molar-refractivity contribution in [1.29, 1.82) is 0 Å². The Morgan fingerprint density at radius 2 is 2.00 bits per heavy atom. The number of hydrogen-bond acceptors (Lipinski definition) is 5. The van der Waals surface area contributed by atoms with Crippen molar-refractivity contribution in [2.24, 2.45) is 0 Å². The zero-order valence-corrected chi connectivity index (χ0v) is 18.7. The molecule has 0 N–H and O–H groups in total. The lowest BCUT2D eigenvalue weighted by molar-refractivity contribution is 0.112. The SMILES string of the molecule is COc1ccc(CN(C)[C@@H]2CCCN(CCc3ccccc3)C2)cc1Cn1cncn1. The van der Waals surface area contributed by atoms with Crippen molar-refractivity contribution in [3.63, 3.8) is 0 Å². The molecule has 3 aromatic rings. The molecule has 0 unspecified atom stereocenters. The Labute approximate surface area is 185 Å². The Bertz CT molecular complexity index is 928. The number of aromatic nitrogens is 3. The molecule has 0 saturated carbocycles. The summed E-state index contributed by atoms with van der Waals surface area (Å²) in [5, 5.41) is 4.23. The Morgan fingerprint density at radius 3 is 2.77 bits per heavy atom. The van der Waals surface area contributed by atoms with Gasteiger partial charge in [-0.2, -0.15) is 5.10 Å². The third kappa shape index (κ3) is 5.93. The molecule has 2 heterocycles. The van der Waals surface area contributed by atoms with Crippen LogP contribution in [0, 0.1) is 0 Å². The first-order chi connectivity index (χ1) is 15.2. The average Bonchev–Trinajstić information content (AvgIpc) is 3.32. The summed E-state index contributed by atoms with van der Waals surface area (Å²) in [4.78, 5) is 9.18. The predicted molar refractivity (Wildman–Crippen MR) is 123 cm³/mol. The van der Waals surface area contributed by atoms with E-state index in [-0.39, 0.29) is 0 Å². The molecule has 1 aromatic heterocycles. The maximum atomic E-state index is 5.57. The maximum Gasteiger partial charge on any atom is 0.137 e. The van der Waals surface area contributed by atoms with E-state index in [0.717, 1.165) is 37.4 Å². The molecule has 1 aliphatic rings. The van der Waals surface area contributed by atoms with Crippen LogP contribution in [-0.2, 0) is 19.5 Å². The normalized spacial score (nSPS) is 17.2. The van der Waals surface area contributed by atoms with E-state index in [1.54, 1.807) is 19.8 Å². The van der Waals surface area contributed by atoms with E-state index in [4.69, 9.17) is 4.74 Å². The highest BCUT2D eigenvalue weighted by molar-refractivity contribution is 5.37. The highest BCUT2D eigenvalue weighted by Crippen LogP contribution is 2.23. The standard InChI is InChI=1S/C25H33N5O/c1-28(24-9-6-13-29(18-24)14-12-21-7-4-3-5-8-21)16-22-10-11-25(31-2)23(15-22)17-30-20-26-19-27-30/h3-5,7-8,10-11,15,19-20,24H,6,9,12-14,16-18H2,1-2H3/t24-/m1/s1. The van der Waals surface area contributed by atoms with Gasteiger partial charge in [0.2, 0.25) is 0 Å². The summed E-state index contributed by atoms with van der Waals surface area (Å²) in [7, 11) is 3.98. The summed E-state index contributed by atoms with van der Waals surface area (Å²) in [6, 6.07) is 17.9. The molecule has 4 rings (SSSR count). The number of piperidine rings is 1. The third-order valence-corrected chi connectivity index (χ3v) is 6.24. The number of methoxy groups -OCH3 is 1. The van der Waals surface area contributed by atoms with Gasteiger partial charge in [0.15, 0.2) is 0 Å². The molecule has 1 saturated heterocycles. The van der Waals surface area contributed by atoms with Crippen LogP contribution in [0.5, 0.6) is 5.75 Å². The fourth-order valence-corrected chi connectivity index (χ4v) is 4.49. The number of likely N-dealkylation sites (N-methyl/N-ethyl adjacent to an activating group) is 1. The molecule has 1 fully saturated rings. The Hall–Kier alpha value is -2.70. The number of hydrogen-bond donors (Lipinski definition) is 0. The van der Waals surface area contributed by atoms with E-state index in [1.807, 2.05) is 4.68 Å². The predicted octanol–water partition coefficient (Wildman–Crippen LogP) is 3.47. The van der Waals surface area contributed by atoms with E-state index in [1.165, 1.54) is 30.5 Å². The van der Waals surface area contributed by atoms with E-state index in [2.05, 4.69) is 75.5 Å². The van der Waals surface area contributed by atoms with Gasteiger partial charge in [-0.05, 0) is 56.1 Å². The fraction of sp³-hybridized carbons (Fsp3) is 0.440. The highest BCUT2D eigenvalue weighted by Gasteiger charge is 2.23. The second-order valence-electron chi connectivity index (χ2n) is 8.49. The van der Waals surface area contributed by atoms with Gasteiger partial charge in [-0.3, -0.25) is 4.90 Å². The molecule has 0 aliphatic carbocycles. The third-order valence-electron chi connectivity index (χ3n) is 6.24. The van der Waals surface area contributed by atoms with Gasteiger partial charge in [0.25, 0.3) is 0 Å². The molecule has 6 heteroatoms. The van der Waals surface area contributed by atoms with Crippen molar-refractivity contribution in [1.82, 2.24) is 24.6 Å². The van der Waals surface area contributed by atoms with Crippen LogP contribution >= 0.6 is 0 Å². The number of nitrogens with zero attached hydrogens (tertiary/aromatic N) is 5. The summed E-state index contributed by atoms with van der Waals surface area (Å²) >= 11 is 0. The first-order valence-electron chi connectivity index (χ1n) is 11.2. The van der Waals surface area contributed by atoms with Crippen molar-refractivity contribution >= 4 is 0 Å². The summed E-state index contributed by atoms with van der Waals surface area (Å²) < 4.78 is 7.40. The van der Waals surface area contributed by atoms with Gasteiger partial charge in [0, 0.05) is 31.2 Å². The largest absolute Gasteiger partial charge is 0.496 e. The summed E-state index contributed by atoms with van der Waals surface area (Å²) in [6.07, 6.45) is 6.96. The van der Waals surface area contributed by atoms with E-state index in [0.29, 0.717) is 12.6 Å². The van der Waals surface area contributed by atoms with Gasteiger partial charge in [-0.1, -0.05) is 36.4 Å². The summed E-state index contributed by atoms with van der Waals surface area (Å²) in [6.45, 7) is 5.09. The van der Waals surface area contributed by atoms with Gasteiger partial charge in [0.1, 0.15) is 18.4 Å². The fourth-order valence-electron chi connectivity index (χ4n) is 4.49. The van der Waals surface area contributed by atoms with Crippen LogP contribution in [0.1, 0.15) is 29.5 Å². The zero-order chi connectivity index (χ0) is 21.5. The van der Waals surface area contributed by atoms with E-state index < -0.39 is 0 Å². The van der Waals surface area contributed by atoms with Crippen molar-refractivity contribution in [3.8, 4) is 5.75 Å². The minimum Gasteiger partial charge on any atom is -0.496 e. The minimum absolute atomic E-state index is 0.588. The molecular formula is C25H33N5O. The monoisotopic (exact) mass is 419 g/mol. The number of rotatable bonds is 9. The number of benzene rings is 2. The van der Waals surface area contributed by atoms with Crippen LogP contribution in [0.25, 0.3) is 0 Å². The smallest absolute Gasteiger partial charge is 0.137 e. The molecular weight excluding hydrogens is 386 g/mol. The lowest BCUT2D eigenvalue weighted by Crippen LogP contribution is -2.46. The first-order valence-corrected chi connectivity index (χ1v) is 11.2. The van der Waals surface area contributed by atoms with Gasteiger partial charge < -0.3 is 9.64 Å².